The summed E-state index contributed by atoms with van der Waals surface area (Å²) in [6.07, 6.45) is 1.51. The molecule has 0 saturated carbocycles. The van der Waals surface area contributed by atoms with Gasteiger partial charge in [-0.15, -0.1) is 10.2 Å². The summed E-state index contributed by atoms with van der Waals surface area (Å²) < 4.78 is 34.5. The fourth-order valence-corrected chi connectivity index (χ4v) is 4.07. The number of halogens is 1. The molecule has 8 nitrogen and oxygen atoms in total. The zero-order valence-corrected chi connectivity index (χ0v) is 14.2. The standard InChI is InChI=1S/C11H16BrN5O3S/c1-7(11-15-14-6-17(11)3)16-21(18,19)9-4-8(5-13-2)20-10(9)12/h4,6-7,13,16H,5H2,1-3H3. The lowest BCUT2D eigenvalue weighted by atomic mass is 10.3. The molecule has 0 radical (unpaired) electrons. The van der Waals surface area contributed by atoms with Gasteiger partial charge >= 0.3 is 0 Å². The van der Waals surface area contributed by atoms with Crippen LogP contribution in [0.3, 0.4) is 0 Å². The van der Waals surface area contributed by atoms with Crippen LogP contribution in [-0.2, 0) is 23.6 Å². The Morgan fingerprint density at radius 1 is 1.52 bits per heavy atom. The zero-order chi connectivity index (χ0) is 15.6. The average molecular weight is 378 g/mol. The van der Waals surface area contributed by atoms with Crippen LogP contribution in [-0.4, -0.2) is 30.2 Å². The molecule has 1 atom stereocenters. The van der Waals surface area contributed by atoms with Crippen LogP contribution in [0, 0.1) is 0 Å². The van der Waals surface area contributed by atoms with Crippen LogP contribution in [0.25, 0.3) is 0 Å². The van der Waals surface area contributed by atoms with Crippen molar-refractivity contribution in [2.24, 2.45) is 7.05 Å². The molecule has 0 aromatic carbocycles. The zero-order valence-electron chi connectivity index (χ0n) is 11.8. The number of sulfonamides is 1. The third kappa shape index (κ3) is 3.51. The molecule has 116 valence electrons. The molecule has 21 heavy (non-hydrogen) atoms. The Morgan fingerprint density at radius 3 is 2.81 bits per heavy atom. The number of nitrogens with one attached hydrogen (secondary N) is 2. The van der Waals surface area contributed by atoms with Gasteiger partial charge in [-0.2, -0.15) is 0 Å². The highest BCUT2D eigenvalue weighted by Crippen LogP contribution is 2.27. The number of aryl methyl sites for hydroxylation is 1. The van der Waals surface area contributed by atoms with E-state index < -0.39 is 16.1 Å². The van der Waals surface area contributed by atoms with E-state index in [1.165, 1.54) is 12.4 Å². The van der Waals surface area contributed by atoms with Crippen molar-refractivity contribution in [3.8, 4) is 0 Å². The monoisotopic (exact) mass is 377 g/mol. The molecule has 2 N–H and O–H groups in total. The van der Waals surface area contributed by atoms with E-state index >= 15 is 0 Å². The lowest BCUT2D eigenvalue weighted by molar-refractivity contribution is 0.469. The van der Waals surface area contributed by atoms with Crippen molar-refractivity contribution in [1.29, 1.82) is 0 Å². The van der Waals surface area contributed by atoms with Crippen molar-refractivity contribution in [2.45, 2.75) is 24.4 Å². The van der Waals surface area contributed by atoms with Gasteiger partial charge in [0.1, 0.15) is 22.8 Å². The van der Waals surface area contributed by atoms with E-state index in [-0.39, 0.29) is 9.56 Å². The third-order valence-corrected chi connectivity index (χ3v) is 5.21. The van der Waals surface area contributed by atoms with Crippen LogP contribution >= 0.6 is 15.9 Å². The second-order valence-electron chi connectivity index (χ2n) is 4.52. The highest BCUT2D eigenvalue weighted by Gasteiger charge is 2.26. The van der Waals surface area contributed by atoms with Gasteiger partial charge in [-0.1, -0.05) is 0 Å². The molecular formula is C11H16BrN5O3S. The SMILES string of the molecule is CNCc1cc(S(=O)(=O)NC(C)c2nncn2C)c(Br)o1. The molecule has 0 fully saturated rings. The Balaban J connectivity index is 2.24. The predicted molar refractivity (Wildman–Crippen MR) is 78.9 cm³/mol. The lowest BCUT2D eigenvalue weighted by Crippen LogP contribution is -2.28. The Bertz CT molecular complexity index is 724. The van der Waals surface area contributed by atoms with Crippen LogP contribution in [0.5, 0.6) is 0 Å². The molecule has 1 unspecified atom stereocenters. The first kappa shape index (κ1) is 16.1. The topological polar surface area (TPSA) is 102 Å². The number of hydrogen-bond acceptors (Lipinski definition) is 6. The summed E-state index contributed by atoms with van der Waals surface area (Å²) in [6, 6.07) is 0.962. The number of furan rings is 1. The fraction of sp³-hybridized carbons (Fsp3) is 0.455. The quantitative estimate of drug-likeness (QED) is 0.776. The van der Waals surface area contributed by atoms with Gasteiger partial charge in [-0.05, 0) is 29.9 Å². The van der Waals surface area contributed by atoms with Crippen molar-refractivity contribution in [3.63, 3.8) is 0 Å². The summed E-state index contributed by atoms with van der Waals surface area (Å²) >= 11 is 3.13. The maximum absolute atomic E-state index is 12.4. The Morgan fingerprint density at radius 2 is 2.24 bits per heavy atom. The smallest absolute Gasteiger partial charge is 0.245 e. The van der Waals surface area contributed by atoms with Crippen LogP contribution < -0.4 is 10.0 Å². The largest absolute Gasteiger partial charge is 0.452 e. The summed E-state index contributed by atoms with van der Waals surface area (Å²) in [5.74, 6) is 1.05. The van der Waals surface area contributed by atoms with E-state index in [1.807, 2.05) is 0 Å². The number of nitrogens with zero attached hydrogens (tertiary/aromatic N) is 3. The minimum Gasteiger partial charge on any atom is -0.452 e. The molecule has 2 rings (SSSR count). The number of rotatable bonds is 6. The van der Waals surface area contributed by atoms with Crippen LogP contribution in [0.15, 0.2) is 26.4 Å². The first-order valence-electron chi connectivity index (χ1n) is 6.14. The first-order chi connectivity index (χ1) is 9.85. The molecule has 2 aromatic rings. The third-order valence-electron chi connectivity index (χ3n) is 2.81. The molecule has 2 aromatic heterocycles. The van der Waals surface area contributed by atoms with E-state index in [0.717, 1.165) is 0 Å². The molecule has 0 amide bonds. The maximum Gasteiger partial charge on any atom is 0.245 e. The normalized spacial score (nSPS) is 13.5. The highest BCUT2D eigenvalue weighted by atomic mass is 79.9. The van der Waals surface area contributed by atoms with Gasteiger partial charge in [0.25, 0.3) is 0 Å². The minimum atomic E-state index is -3.73. The van der Waals surface area contributed by atoms with Gasteiger partial charge in [0.05, 0.1) is 12.6 Å². The van der Waals surface area contributed by atoms with E-state index in [4.69, 9.17) is 4.42 Å². The summed E-state index contributed by atoms with van der Waals surface area (Å²) in [5, 5.41) is 10.5. The van der Waals surface area contributed by atoms with Gasteiger partial charge in [-0.25, -0.2) is 13.1 Å². The maximum atomic E-state index is 12.4. The lowest BCUT2D eigenvalue weighted by Gasteiger charge is -2.12. The molecule has 0 aliphatic rings. The number of hydrogen-bond donors (Lipinski definition) is 2. The summed E-state index contributed by atoms with van der Waals surface area (Å²) in [7, 11) is -0.232. The number of aromatic nitrogens is 3. The van der Waals surface area contributed by atoms with Gasteiger partial charge < -0.3 is 14.3 Å². The van der Waals surface area contributed by atoms with Crippen molar-refractivity contribution in [1.82, 2.24) is 24.8 Å². The molecular weight excluding hydrogens is 362 g/mol. The van der Waals surface area contributed by atoms with Crippen LogP contribution in [0.4, 0.5) is 0 Å². The molecule has 0 saturated heterocycles. The van der Waals surface area contributed by atoms with Crippen molar-refractivity contribution < 1.29 is 12.8 Å². The molecule has 10 heteroatoms. The Hall–Kier alpha value is -1.23. The Labute approximate surface area is 131 Å². The minimum absolute atomic E-state index is 0.0572. The molecule has 0 bridgehead atoms. The van der Waals surface area contributed by atoms with E-state index in [9.17, 15) is 8.42 Å². The first-order valence-corrected chi connectivity index (χ1v) is 8.41. The summed E-state index contributed by atoms with van der Waals surface area (Å²) in [4.78, 5) is 0.0572. The highest BCUT2D eigenvalue weighted by molar-refractivity contribution is 9.10. The molecule has 0 aliphatic carbocycles. The van der Waals surface area contributed by atoms with Crippen molar-refractivity contribution >= 4 is 26.0 Å². The van der Waals surface area contributed by atoms with Gasteiger partial charge in [0.15, 0.2) is 4.67 Å². The van der Waals surface area contributed by atoms with Crippen molar-refractivity contribution in [2.75, 3.05) is 7.05 Å². The average Bonchev–Trinajstić information content (AvgIpc) is 2.96. The Kier molecular flexibility index (Phi) is 4.81. The van der Waals surface area contributed by atoms with Crippen LogP contribution in [0.2, 0.25) is 0 Å². The second kappa shape index (κ2) is 6.26. The molecule has 0 spiro atoms. The van der Waals surface area contributed by atoms with Gasteiger partial charge in [0.2, 0.25) is 10.0 Å². The molecule has 2 heterocycles. The fourth-order valence-electron chi connectivity index (χ4n) is 1.88. The van der Waals surface area contributed by atoms with Gasteiger partial charge in [-0.3, -0.25) is 0 Å². The summed E-state index contributed by atoms with van der Waals surface area (Å²) in [5.41, 5.74) is 0. The summed E-state index contributed by atoms with van der Waals surface area (Å²) in [6.45, 7) is 2.14. The second-order valence-corrected chi connectivity index (χ2v) is 6.93. The van der Waals surface area contributed by atoms with Crippen molar-refractivity contribution in [3.05, 3.63) is 28.6 Å². The van der Waals surface area contributed by atoms with E-state index in [2.05, 4.69) is 36.2 Å². The predicted octanol–water partition coefficient (Wildman–Crippen LogP) is 0.929. The van der Waals surface area contributed by atoms with E-state index in [1.54, 1.807) is 25.6 Å². The van der Waals surface area contributed by atoms with Crippen LogP contribution in [0.1, 0.15) is 24.6 Å². The molecule has 0 aliphatic heterocycles. The van der Waals surface area contributed by atoms with E-state index in [0.29, 0.717) is 18.1 Å². The van der Waals surface area contributed by atoms with Gasteiger partial charge in [0, 0.05) is 13.1 Å².